The number of carbonyl (C=O) groups is 2. The topological polar surface area (TPSA) is 58.6 Å². The highest BCUT2D eigenvalue weighted by Gasteiger charge is 2.30. The molecule has 0 saturated carbocycles. The van der Waals surface area contributed by atoms with E-state index in [1.807, 2.05) is 0 Å². The fourth-order valence-corrected chi connectivity index (χ4v) is 3.41. The monoisotopic (exact) mass is 390 g/mol. The first-order chi connectivity index (χ1) is 13.0. The van der Waals surface area contributed by atoms with Gasteiger partial charge in [-0.15, -0.1) is 0 Å². The van der Waals surface area contributed by atoms with Crippen LogP contribution in [0.2, 0.25) is 5.02 Å². The number of rotatable bonds is 4. The van der Waals surface area contributed by atoms with Crippen LogP contribution in [0.1, 0.15) is 30.1 Å². The summed E-state index contributed by atoms with van der Waals surface area (Å²) in [5.74, 6) is -1.32. The van der Waals surface area contributed by atoms with Crippen molar-refractivity contribution in [2.45, 2.75) is 25.8 Å². The molecule has 0 spiro atoms. The van der Waals surface area contributed by atoms with E-state index in [1.165, 1.54) is 25.1 Å². The van der Waals surface area contributed by atoms with Gasteiger partial charge in [-0.1, -0.05) is 17.7 Å². The van der Waals surface area contributed by atoms with Gasteiger partial charge in [-0.3, -0.25) is 9.59 Å². The van der Waals surface area contributed by atoms with Crippen LogP contribution in [0.25, 0.3) is 0 Å². The largest absolute Gasteiger partial charge is 0.381 e. The van der Waals surface area contributed by atoms with E-state index < -0.39 is 11.7 Å². The molecule has 7 heteroatoms. The normalized spacial score (nSPS) is 14.6. The van der Waals surface area contributed by atoms with Gasteiger partial charge < -0.3 is 15.0 Å². The highest BCUT2D eigenvalue weighted by atomic mass is 35.5. The third-order valence-corrected chi connectivity index (χ3v) is 4.73. The molecule has 0 bridgehead atoms. The van der Waals surface area contributed by atoms with Gasteiger partial charge >= 0.3 is 0 Å². The van der Waals surface area contributed by atoms with E-state index in [-0.39, 0.29) is 22.5 Å². The molecule has 3 rings (SSSR count). The first kappa shape index (κ1) is 19.3. The Kier molecular flexibility index (Phi) is 6.08. The molecule has 0 aliphatic carbocycles. The van der Waals surface area contributed by atoms with Gasteiger partial charge in [-0.05, 0) is 49.2 Å². The Morgan fingerprint density at radius 1 is 1.15 bits per heavy atom. The van der Waals surface area contributed by atoms with Crippen molar-refractivity contribution in [1.29, 1.82) is 0 Å². The van der Waals surface area contributed by atoms with Crippen molar-refractivity contribution in [3.8, 4) is 0 Å². The van der Waals surface area contributed by atoms with Gasteiger partial charge in [-0.2, -0.15) is 0 Å². The van der Waals surface area contributed by atoms with E-state index >= 15 is 0 Å². The van der Waals surface area contributed by atoms with Gasteiger partial charge in [0, 0.05) is 37.6 Å². The minimum Gasteiger partial charge on any atom is -0.381 e. The SMILES string of the molecule is CC(=O)Nc1ccc(N(C(=O)c2c(F)cccc2Cl)C2CCOCC2)cc1. The molecule has 0 atom stereocenters. The average Bonchev–Trinajstić information content (AvgIpc) is 2.64. The third-order valence-electron chi connectivity index (χ3n) is 4.42. The van der Waals surface area contributed by atoms with Crippen molar-refractivity contribution in [3.05, 3.63) is 58.9 Å². The third kappa shape index (κ3) is 4.46. The summed E-state index contributed by atoms with van der Waals surface area (Å²) in [4.78, 5) is 26.0. The van der Waals surface area contributed by atoms with Crippen LogP contribution in [-0.4, -0.2) is 31.1 Å². The molecule has 5 nitrogen and oxygen atoms in total. The summed E-state index contributed by atoms with van der Waals surface area (Å²) in [5.41, 5.74) is 1.09. The number of hydrogen-bond donors (Lipinski definition) is 1. The molecule has 0 radical (unpaired) electrons. The van der Waals surface area contributed by atoms with E-state index in [1.54, 1.807) is 29.2 Å². The van der Waals surface area contributed by atoms with E-state index in [9.17, 15) is 14.0 Å². The van der Waals surface area contributed by atoms with Crippen LogP contribution in [0.4, 0.5) is 15.8 Å². The Morgan fingerprint density at radius 2 is 1.81 bits per heavy atom. The van der Waals surface area contributed by atoms with Crippen LogP contribution >= 0.6 is 11.6 Å². The second-order valence-electron chi connectivity index (χ2n) is 6.34. The molecule has 1 fully saturated rings. The number of benzene rings is 2. The molecule has 1 N–H and O–H groups in total. The Morgan fingerprint density at radius 3 is 2.41 bits per heavy atom. The summed E-state index contributed by atoms with van der Waals surface area (Å²) in [7, 11) is 0. The van der Waals surface area contributed by atoms with E-state index in [2.05, 4.69) is 5.32 Å². The minimum absolute atomic E-state index is 0.0759. The van der Waals surface area contributed by atoms with Crippen molar-refractivity contribution in [2.75, 3.05) is 23.4 Å². The molecule has 0 unspecified atom stereocenters. The summed E-state index contributed by atoms with van der Waals surface area (Å²) < 4.78 is 19.7. The van der Waals surface area contributed by atoms with Crippen molar-refractivity contribution < 1.29 is 18.7 Å². The molecule has 1 saturated heterocycles. The molecule has 0 aromatic heterocycles. The number of nitrogens with one attached hydrogen (secondary N) is 1. The Labute approximate surface area is 162 Å². The molecule has 1 heterocycles. The molecule has 1 aliphatic rings. The zero-order chi connectivity index (χ0) is 19.4. The fraction of sp³-hybridized carbons (Fsp3) is 0.300. The van der Waals surface area contributed by atoms with Crippen LogP contribution < -0.4 is 10.2 Å². The summed E-state index contributed by atoms with van der Waals surface area (Å²) in [6, 6.07) is 10.9. The van der Waals surface area contributed by atoms with E-state index in [0.29, 0.717) is 37.4 Å². The summed E-state index contributed by atoms with van der Waals surface area (Å²) >= 11 is 6.12. The molecule has 2 aromatic carbocycles. The number of carbonyl (C=O) groups excluding carboxylic acids is 2. The molecule has 27 heavy (non-hydrogen) atoms. The lowest BCUT2D eigenvalue weighted by atomic mass is 10.0. The molecule has 1 aliphatic heterocycles. The highest BCUT2D eigenvalue weighted by molar-refractivity contribution is 6.34. The van der Waals surface area contributed by atoms with Gasteiger partial charge in [0.15, 0.2) is 0 Å². The molecular weight excluding hydrogens is 371 g/mol. The van der Waals surface area contributed by atoms with Gasteiger partial charge in [0.25, 0.3) is 5.91 Å². The molecule has 2 aromatic rings. The second-order valence-corrected chi connectivity index (χ2v) is 6.75. The van der Waals surface area contributed by atoms with E-state index in [4.69, 9.17) is 16.3 Å². The zero-order valence-electron chi connectivity index (χ0n) is 14.9. The van der Waals surface area contributed by atoms with Crippen LogP contribution in [0.15, 0.2) is 42.5 Å². The molecular formula is C20H20ClFN2O3. The quantitative estimate of drug-likeness (QED) is 0.848. The van der Waals surface area contributed by atoms with Crippen molar-refractivity contribution >= 4 is 34.8 Å². The first-order valence-corrected chi connectivity index (χ1v) is 9.08. The Bertz CT molecular complexity index is 815. The maximum Gasteiger partial charge on any atom is 0.263 e. The number of halogens is 2. The number of ether oxygens (including phenoxy) is 1. The lowest BCUT2D eigenvalue weighted by molar-refractivity contribution is -0.114. The lowest BCUT2D eigenvalue weighted by Gasteiger charge is -2.34. The lowest BCUT2D eigenvalue weighted by Crippen LogP contribution is -2.44. The second kappa shape index (κ2) is 8.50. The van der Waals surface area contributed by atoms with E-state index in [0.717, 1.165) is 0 Å². The smallest absolute Gasteiger partial charge is 0.263 e. The van der Waals surface area contributed by atoms with Gasteiger partial charge in [-0.25, -0.2) is 4.39 Å². The maximum absolute atomic E-state index is 14.3. The predicted molar refractivity (Wildman–Crippen MR) is 103 cm³/mol. The summed E-state index contributed by atoms with van der Waals surface area (Å²) in [6.45, 7) is 2.48. The Balaban J connectivity index is 1.98. The van der Waals surface area contributed by atoms with Gasteiger partial charge in [0.1, 0.15) is 5.82 Å². The average molecular weight is 391 g/mol. The van der Waals surface area contributed by atoms with Gasteiger partial charge in [0.2, 0.25) is 5.91 Å². The standard InChI is InChI=1S/C20H20ClFN2O3/c1-13(25)23-14-5-7-15(8-6-14)24(16-9-11-27-12-10-16)20(26)19-17(21)3-2-4-18(19)22/h2-8,16H,9-12H2,1H3,(H,23,25). The number of nitrogens with zero attached hydrogens (tertiary/aromatic N) is 1. The van der Waals surface area contributed by atoms with Crippen LogP contribution in [-0.2, 0) is 9.53 Å². The number of anilines is 2. The Hall–Kier alpha value is -2.44. The van der Waals surface area contributed by atoms with Crippen molar-refractivity contribution in [2.24, 2.45) is 0 Å². The first-order valence-electron chi connectivity index (χ1n) is 8.70. The summed E-state index contributed by atoms with van der Waals surface area (Å²) in [6.07, 6.45) is 1.29. The van der Waals surface area contributed by atoms with Gasteiger partial charge in [0.05, 0.1) is 10.6 Å². The van der Waals surface area contributed by atoms with Crippen molar-refractivity contribution in [1.82, 2.24) is 0 Å². The number of hydrogen-bond acceptors (Lipinski definition) is 3. The minimum atomic E-state index is -0.653. The van der Waals surface area contributed by atoms with Crippen LogP contribution in [0.3, 0.4) is 0 Å². The fourth-order valence-electron chi connectivity index (χ4n) is 3.17. The van der Waals surface area contributed by atoms with Crippen LogP contribution in [0.5, 0.6) is 0 Å². The van der Waals surface area contributed by atoms with Crippen LogP contribution in [0, 0.1) is 5.82 Å². The summed E-state index contributed by atoms with van der Waals surface area (Å²) in [5, 5.41) is 2.76. The molecule has 142 valence electrons. The zero-order valence-corrected chi connectivity index (χ0v) is 15.6. The highest BCUT2D eigenvalue weighted by Crippen LogP contribution is 2.29. The maximum atomic E-state index is 14.3. The molecule has 2 amide bonds. The van der Waals surface area contributed by atoms with Crippen molar-refractivity contribution in [3.63, 3.8) is 0 Å². The number of amides is 2. The predicted octanol–water partition coefficient (Wildman–Crippen LogP) is 4.26.